The highest BCUT2D eigenvalue weighted by atomic mass is 79.9. The first-order valence-corrected chi connectivity index (χ1v) is 9.05. The zero-order chi connectivity index (χ0) is 15.0. The van der Waals surface area contributed by atoms with Crippen LogP contribution in [0.25, 0.3) is 0 Å². The highest BCUT2D eigenvalue weighted by Gasteiger charge is 2.36. The van der Waals surface area contributed by atoms with Gasteiger partial charge in [-0.05, 0) is 61.5 Å². The minimum Gasteiger partial charge on any atom is -0.311 e. The van der Waals surface area contributed by atoms with Crippen molar-refractivity contribution in [2.75, 3.05) is 6.54 Å². The van der Waals surface area contributed by atoms with E-state index in [1.54, 1.807) is 0 Å². The van der Waals surface area contributed by atoms with E-state index in [0.29, 0.717) is 0 Å². The SMILES string of the molecule is CCCN(Cc1c(Br)c(C)nn1C)C1CC2CCC(C1)N2. The first-order chi connectivity index (χ1) is 10.1. The van der Waals surface area contributed by atoms with Crippen molar-refractivity contribution in [2.24, 2.45) is 7.05 Å². The summed E-state index contributed by atoms with van der Waals surface area (Å²) >= 11 is 3.72. The largest absolute Gasteiger partial charge is 0.311 e. The molecule has 2 saturated heterocycles. The highest BCUT2D eigenvalue weighted by molar-refractivity contribution is 9.10. The lowest BCUT2D eigenvalue weighted by molar-refractivity contribution is 0.130. The first-order valence-electron chi connectivity index (χ1n) is 8.26. The van der Waals surface area contributed by atoms with Crippen LogP contribution in [0.3, 0.4) is 0 Å². The lowest BCUT2D eigenvalue weighted by atomic mass is 9.97. The predicted octanol–water partition coefficient (Wildman–Crippen LogP) is 2.99. The summed E-state index contributed by atoms with van der Waals surface area (Å²) in [5, 5.41) is 8.30. The molecule has 1 aromatic rings. The minimum atomic E-state index is 0.728. The molecule has 118 valence electrons. The fourth-order valence-electron chi connectivity index (χ4n) is 4.05. The molecule has 2 aliphatic heterocycles. The monoisotopic (exact) mass is 354 g/mol. The summed E-state index contributed by atoms with van der Waals surface area (Å²) < 4.78 is 3.22. The van der Waals surface area contributed by atoms with Crippen LogP contribution in [0.5, 0.6) is 0 Å². The third kappa shape index (κ3) is 3.20. The Morgan fingerprint density at radius 3 is 2.52 bits per heavy atom. The van der Waals surface area contributed by atoms with Crippen LogP contribution in [0, 0.1) is 6.92 Å². The number of nitrogens with zero attached hydrogens (tertiary/aromatic N) is 3. The molecule has 2 unspecified atom stereocenters. The van der Waals surface area contributed by atoms with E-state index in [4.69, 9.17) is 0 Å². The number of aryl methyl sites for hydroxylation is 2. The molecule has 0 radical (unpaired) electrons. The van der Waals surface area contributed by atoms with Gasteiger partial charge in [0.15, 0.2) is 0 Å². The quantitative estimate of drug-likeness (QED) is 0.882. The maximum atomic E-state index is 4.54. The van der Waals surface area contributed by atoms with Crippen molar-refractivity contribution >= 4 is 15.9 Å². The van der Waals surface area contributed by atoms with Gasteiger partial charge in [-0.2, -0.15) is 5.10 Å². The molecule has 3 rings (SSSR count). The smallest absolute Gasteiger partial charge is 0.0739 e. The summed E-state index contributed by atoms with van der Waals surface area (Å²) in [5.74, 6) is 0. The molecule has 0 amide bonds. The number of rotatable bonds is 5. The normalized spacial score (nSPS) is 28.5. The van der Waals surface area contributed by atoms with Gasteiger partial charge < -0.3 is 5.32 Å². The van der Waals surface area contributed by atoms with E-state index in [1.807, 2.05) is 4.68 Å². The summed E-state index contributed by atoms with van der Waals surface area (Å²) in [4.78, 5) is 2.69. The Morgan fingerprint density at radius 1 is 1.33 bits per heavy atom. The van der Waals surface area contributed by atoms with E-state index in [9.17, 15) is 0 Å². The predicted molar refractivity (Wildman–Crippen MR) is 89.3 cm³/mol. The number of aromatic nitrogens is 2. The summed E-state index contributed by atoms with van der Waals surface area (Å²) in [7, 11) is 2.06. The number of fused-ring (bicyclic) bond motifs is 2. The van der Waals surface area contributed by atoms with Crippen LogP contribution < -0.4 is 5.32 Å². The van der Waals surface area contributed by atoms with E-state index in [-0.39, 0.29) is 0 Å². The molecule has 0 saturated carbocycles. The molecule has 21 heavy (non-hydrogen) atoms. The van der Waals surface area contributed by atoms with Crippen molar-refractivity contribution in [1.82, 2.24) is 20.0 Å². The number of nitrogens with one attached hydrogen (secondary N) is 1. The van der Waals surface area contributed by atoms with Crippen molar-refractivity contribution < 1.29 is 0 Å². The summed E-state index contributed by atoms with van der Waals surface area (Å²) in [5.41, 5.74) is 2.40. The number of hydrogen-bond acceptors (Lipinski definition) is 3. The van der Waals surface area contributed by atoms with Crippen LogP contribution in [0.15, 0.2) is 4.47 Å². The number of piperidine rings is 1. The molecular formula is C16H27BrN4. The molecule has 2 atom stereocenters. The maximum Gasteiger partial charge on any atom is 0.0739 e. The molecule has 2 fully saturated rings. The molecule has 0 spiro atoms. The van der Waals surface area contributed by atoms with Crippen LogP contribution >= 0.6 is 15.9 Å². The Morgan fingerprint density at radius 2 is 2.00 bits per heavy atom. The van der Waals surface area contributed by atoms with Gasteiger partial charge in [0.25, 0.3) is 0 Å². The van der Waals surface area contributed by atoms with Gasteiger partial charge in [0.1, 0.15) is 0 Å². The molecule has 5 heteroatoms. The van der Waals surface area contributed by atoms with Crippen molar-refractivity contribution in [2.45, 2.75) is 70.6 Å². The van der Waals surface area contributed by atoms with Crippen LogP contribution in [-0.4, -0.2) is 39.4 Å². The van der Waals surface area contributed by atoms with Gasteiger partial charge in [-0.15, -0.1) is 0 Å². The van der Waals surface area contributed by atoms with Crippen molar-refractivity contribution in [3.63, 3.8) is 0 Å². The van der Waals surface area contributed by atoms with Crippen molar-refractivity contribution in [3.05, 3.63) is 15.9 Å². The van der Waals surface area contributed by atoms with E-state index in [2.05, 4.69) is 52.1 Å². The van der Waals surface area contributed by atoms with E-state index in [0.717, 1.165) is 30.4 Å². The van der Waals surface area contributed by atoms with Gasteiger partial charge in [0.2, 0.25) is 0 Å². The molecule has 2 bridgehead atoms. The van der Waals surface area contributed by atoms with Gasteiger partial charge in [-0.25, -0.2) is 0 Å². The first kappa shape index (κ1) is 15.5. The van der Waals surface area contributed by atoms with E-state index in [1.165, 1.54) is 48.8 Å². The van der Waals surface area contributed by atoms with E-state index >= 15 is 0 Å². The van der Waals surface area contributed by atoms with Gasteiger partial charge in [0.05, 0.1) is 15.9 Å². The van der Waals surface area contributed by atoms with Crippen LogP contribution in [0.1, 0.15) is 50.4 Å². The molecule has 0 aliphatic carbocycles. The summed E-state index contributed by atoms with van der Waals surface area (Å²) in [6.45, 7) is 6.55. The topological polar surface area (TPSA) is 33.1 Å². The third-order valence-electron chi connectivity index (χ3n) is 5.09. The molecule has 0 aromatic carbocycles. The van der Waals surface area contributed by atoms with Gasteiger partial charge in [-0.3, -0.25) is 9.58 Å². The maximum absolute atomic E-state index is 4.54. The van der Waals surface area contributed by atoms with E-state index < -0.39 is 0 Å². The second-order valence-electron chi connectivity index (χ2n) is 6.70. The minimum absolute atomic E-state index is 0.728. The fourth-order valence-corrected chi connectivity index (χ4v) is 4.51. The van der Waals surface area contributed by atoms with Crippen LogP contribution in [0.4, 0.5) is 0 Å². The Balaban J connectivity index is 1.75. The van der Waals surface area contributed by atoms with Crippen molar-refractivity contribution in [1.29, 1.82) is 0 Å². The van der Waals surface area contributed by atoms with Crippen molar-refractivity contribution in [3.8, 4) is 0 Å². The Hall–Kier alpha value is -0.390. The molecular weight excluding hydrogens is 328 g/mol. The second kappa shape index (κ2) is 6.39. The molecule has 1 aromatic heterocycles. The molecule has 2 aliphatic rings. The van der Waals surface area contributed by atoms with Gasteiger partial charge >= 0.3 is 0 Å². The lowest BCUT2D eigenvalue weighted by Gasteiger charge is -2.37. The average Bonchev–Trinajstić information content (AvgIpc) is 2.91. The molecule has 4 nitrogen and oxygen atoms in total. The number of hydrogen-bond donors (Lipinski definition) is 1. The van der Waals surface area contributed by atoms with Gasteiger partial charge in [0, 0.05) is 31.7 Å². The number of halogens is 1. The van der Waals surface area contributed by atoms with Crippen LogP contribution in [0.2, 0.25) is 0 Å². The molecule has 1 N–H and O–H groups in total. The lowest BCUT2D eigenvalue weighted by Crippen LogP contribution is -2.48. The molecule has 3 heterocycles. The Kier molecular flexibility index (Phi) is 4.71. The fraction of sp³-hybridized carbons (Fsp3) is 0.812. The Labute approximate surface area is 136 Å². The van der Waals surface area contributed by atoms with Gasteiger partial charge in [-0.1, -0.05) is 6.92 Å². The zero-order valence-corrected chi connectivity index (χ0v) is 15.0. The summed E-state index contributed by atoms with van der Waals surface area (Å²) in [6, 6.07) is 2.24. The highest BCUT2D eigenvalue weighted by Crippen LogP contribution is 2.31. The average molecular weight is 355 g/mol. The third-order valence-corrected chi connectivity index (χ3v) is 6.12. The summed E-state index contributed by atoms with van der Waals surface area (Å²) in [6.07, 6.45) is 6.58. The zero-order valence-electron chi connectivity index (χ0n) is 13.4. The van der Waals surface area contributed by atoms with Crippen LogP contribution in [-0.2, 0) is 13.6 Å². The second-order valence-corrected chi connectivity index (χ2v) is 7.50. The Bertz CT molecular complexity index is 487. The standard InChI is InChI=1S/C16H27BrN4/c1-4-7-21(10-15-16(17)11(2)19-20(15)3)14-8-12-5-6-13(9-14)18-12/h12-14,18H,4-10H2,1-3H3.